The summed E-state index contributed by atoms with van der Waals surface area (Å²) in [6.07, 6.45) is 2.04. The van der Waals surface area contributed by atoms with Gasteiger partial charge in [-0.25, -0.2) is 0 Å². The van der Waals surface area contributed by atoms with E-state index in [1.54, 1.807) is 0 Å². The number of aryl methyl sites for hydroxylation is 1. The van der Waals surface area contributed by atoms with E-state index in [0.717, 1.165) is 35.9 Å². The molecule has 0 spiro atoms. The fourth-order valence-corrected chi connectivity index (χ4v) is 3.54. The maximum absolute atomic E-state index is 13.1. The Morgan fingerprint density at radius 1 is 1.09 bits per heavy atom. The van der Waals surface area contributed by atoms with Gasteiger partial charge in [-0.05, 0) is 31.4 Å². The van der Waals surface area contributed by atoms with Crippen molar-refractivity contribution < 1.29 is 9.21 Å². The molecule has 1 amide bonds. The summed E-state index contributed by atoms with van der Waals surface area (Å²) in [6, 6.07) is 18.2. The lowest BCUT2D eigenvalue weighted by Gasteiger charge is -2.24. The first-order valence-electron chi connectivity index (χ1n) is 8.10. The highest BCUT2D eigenvalue weighted by molar-refractivity contribution is 5.99. The van der Waals surface area contributed by atoms with Crippen LogP contribution >= 0.6 is 0 Å². The number of fused-ring (bicyclic) bond motifs is 1. The van der Waals surface area contributed by atoms with E-state index in [0.29, 0.717) is 5.76 Å². The van der Waals surface area contributed by atoms with Crippen molar-refractivity contribution in [1.29, 1.82) is 0 Å². The molecule has 116 valence electrons. The van der Waals surface area contributed by atoms with Crippen molar-refractivity contribution in [1.82, 2.24) is 4.90 Å². The number of carbonyl (C=O) groups excluding carboxylic acids is 1. The molecule has 3 nitrogen and oxygen atoms in total. The molecule has 1 unspecified atom stereocenters. The predicted octanol–water partition coefficient (Wildman–Crippen LogP) is 4.72. The van der Waals surface area contributed by atoms with Crippen LogP contribution in [0.25, 0.3) is 11.0 Å². The molecular formula is C20H19NO2. The number of likely N-dealkylation sites (tertiary alicyclic amines) is 1. The number of nitrogens with zero attached hydrogens (tertiary/aromatic N) is 1. The average molecular weight is 305 g/mol. The van der Waals surface area contributed by atoms with Gasteiger partial charge in [0, 0.05) is 17.5 Å². The van der Waals surface area contributed by atoms with Crippen molar-refractivity contribution in [3.05, 3.63) is 71.5 Å². The molecule has 1 aliphatic heterocycles. The molecule has 1 aliphatic rings. The number of hydrogen-bond acceptors (Lipinski definition) is 2. The lowest BCUT2D eigenvalue weighted by Crippen LogP contribution is -2.30. The van der Waals surface area contributed by atoms with E-state index in [1.165, 1.54) is 5.56 Å². The first-order valence-corrected chi connectivity index (χ1v) is 8.10. The molecule has 23 heavy (non-hydrogen) atoms. The fourth-order valence-electron chi connectivity index (χ4n) is 3.54. The number of amides is 1. The third-order valence-corrected chi connectivity index (χ3v) is 4.74. The third-order valence-electron chi connectivity index (χ3n) is 4.74. The number of para-hydroxylation sites is 1. The van der Waals surface area contributed by atoms with Gasteiger partial charge in [-0.3, -0.25) is 4.79 Å². The minimum absolute atomic E-state index is 0.00468. The molecular weight excluding hydrogens is 286 g/mol. The first-order chi connectivity index (χ1) is 11.3. The van der Waals surface area contributed by atoms with E-state index in [2.05, 4.69) is 12.1 Å². The third kappa shape index (κ3) is 2.33. The van der Waals surface area contributed by atoms with E-state index >= 15 is 0 Å². The fraction of sp³-hybridized carbons (Fsp3) is 0.250. The van der Waals surface area contributed by atoms with Crippen molar-refractivity contribution in [2.45, 2.75) is 25.8 Å². The summed E-state index contributed by atoms with van der Waals surface area (Å²) >= 11 is 0. The van der Waals surface area contributed by atoms with Crippen LogP contribution < -0.4 is 0 Å². The average Bonchev–Trinajstić information content (AvgIpc) is 3.21. The van der Waals surface area contributed by atoms with Gasteiger partial charge in [0.05, 0.1) is 6.04 Å². The molecule has 1 atom stereocenters. The van der Waals surface area contributed by atoms with Gasteiger partial charge in [0.1, 0.15) is 5.58 Å². The minimum atomic E-state index is 0.00468. The largest absolute Gasteiger partial charge is 0.451 e. The molecule has 1 fully saturated rings. The SMILES string of the molecule is Cc1c(C(=O)N2CCCC2c2ccccc2)oc2ccccc12. The number of hydrogen-bond donors (Lipinski definition) is 0. The topological polar surface area (TPSA) is 33.5 Å². The van der Waals surface area contributed by atoms with E-state index in [1.807, 2.05) is 54.3 Å². The molecule has 0 radical (unpaired) electrons. The Hall–Kier alpha value is -2.55. The molecule has 0 bridgehead atoms. The lowest BCUT2D eigenvalue weighted by molar-refractivity contribution is 0.0704. The van der Waals surface area contributed by atoms with Gasteiger partial charge in [0.25, 0.3) is 5.91 Å². The zero-order chi connectivity index (χ0) is 15.8. The molecule has 0 aliphatic carbocycles. The van der Waals surface area contributed by atoms with Crippen molar-refractivity contribution in [2.75, 3.05) is 6.54 Å². The van der Waals surface area contributed by atoms with Crippen LogP contribution in [0.4, 0.5) is 0 Å². The molecule has 1 saturated heterocycles. The Morgan fingerprint density at radius 2 is 1.83 bits per heavy atom. The van der Waals surface area contributed by atoms with Crippen molar-refractivity contribution in [3.63, 3.8) is 0 Å². The Balaban J connectivity index is 1.71. The molecule has 3 heteroatoms. The second-order valence-electron chi connectivity index (χ2n) is 6.12. The smallest absolute Gasteiger partial charge is 0.290 e. The number of carbonyl (C=O) groups is 1. The number of benzene rings is 2. The molecule has 0 saturated carbocycles. The van der Waals surface area contributed by atoms with Crippen LogP contribution in [-0.4, -0.2) is 17.4 Å². The summed E-state index contributed by atoms with van der Waals surface area (Å²) < 4.78 is 5.87. The molecule has 3 aromatic rings. The summed E-state index contributed by atoms with van der Waals surface area (Å²) in [4.78, 5) is 15.0. The number of rotatable bonds is 2. The first kappa shape index (κ1) is 14.1. The van der Waals surface area contributed by atoms with Crippen molar-refractivity contribution in [2.24, 2.45) is 0 Å². The van der Waals surface area contributed by atoms with Gasteiger partial charge in [0.2, 0.25) is 0 Å². The van der Waals surface area contributed by atoms with E-state index in [4.69, 9.17) is 4.42 Å². The molecule has 0 N–H and O–H groups in total. The Morgan fingerprint density at radius 3 is 2.61 bits per heavy atom. The molecule has 4 rings (SSSR count). The molecule has 1 aromatic heterocycles. The lowest BCUT2D eigenvalue weighted by atomic mass is 10.0. The van der Waals surface area contributed by atoms with Crippen molar-refractivity contribution in [3.8, 4) is 0 Å². The van der Waals surface area contributed by atoms with Crippen LogP contribution in [0.2, 0.25) is 0 Å². The monoisotopic (exact) mass is 305 g/mol. The Labute approximate surface area is 135 Å². The Kier molecular flexibility index (Phi) is 3.41. The highest BCUT2D eigenvalue weighted by atomic mass is 16.3. The maximum Gasteiger partial charge on any atom is 0.290 e. The summed E-state index contributed by atoms with van der Waals surface area (Å²) in [5.74, 6) is 0.485. The maximum atomic E-state index is 13.1. The van der Waals surface area contributed by atoms with Crippen LogP contribution in [0.1, 0.15) is 40.6 Å². The van der Waals surface area contributed by atoms with E-state index in [-0.39, 0.29) is 11.9 Å². The van der Waals surface area contributed by atoms with Crippen LogP contribution in [-0.2, 0) is 0 Å². The normalized spacial score (nSPS) is 17.8. The second-order valence-corrected chi connectivity index (χ2v) is 6.12. The van der Waals surface area contributed by atoms with Crippen LogP contribution in [0.3, 0.4) is 0 Å². The summed E-state index contributed by atoms with van der Waals surface area (Å²) in [6.45, 7) is 2.75. The van der Waals surface area contributed by atoms with Gasteiger partial charge in [-0.2, -0.15) is 0 Å². The van der Waals surface area contributed by atoms with Gasteiger partial charge in [-0.1, -0.05) is 48.5 Å². The van der Waals surface area contributed by atoms with Crippen LogP contribution in [0.5, 0.6) is 0 Å². The summed E-state index contributed by atoms with van der Waals surface area (Å²) in [5.41, 5.74) is 2.92. The Bertz CT molecular complexity index is 850. The second kappa shape index (κ2) is 5.58. The summed E-state index contributed by atoms with van der Waals surface area (Å²) in [5, 5.41) is 1.02. The standard InChI is InChI=1S/C20H19NO2/c1-14-16-10-5-6-12-18(16)23-19(14)20(22)21-13-7-11-17(21)15-8-3-2-4-9-15/h2-6,8-10,12,17H,7,11,13H2,1H3. The van der Waals surface area contributed by atoms with E-state index < -0.39 is 0 Å². The minimum Gasteiger partial charge on any atom is -0.451 e. The highest BCUT2D eigenvalue weighted by Crippen LogP contribution is 2.35. The van der Waals surface area contributed by atoms with Crippen molar-refractivity contribution >= 4 is 16.9 Å². The van der Waals surface area contributed by atoms with Gasteiger partial charge < -0.3 is 9.32 Å². The number of furan rings is 1. The quantitative estimate of drug-likeness (QED) is 0.686. The zero-order valence-corrected chi connectivity index (χ0v) is 13.2. The highest BCUT2D eigenvalue weighted by Gasteiger charge is 2.33. The zero-order valence-electron chi connectivity index (χ0n) is 13.2. The molecule has 2 aromatic carbocycles. The van der Waals surface area contributed by atoms with Gasteiger partial charge in [-0.15, -0.1) is 0 Å². The summed E-state index contributed by atoms with van der Waals surface area (Å²) in [7, 11) is 0. The van der Waals surface area contributed by atoms with Crippen LogP contribution in [0, 0.1) is 6.92 Å². The predicted molar refractivity (Wildman–Crippen MR) is 90.4 cm³/mol. The van der Waals surface area contributed by atoms with Crippen LogP contribution in [0.15, 0.2) is 59.0 Å². The molecule has 2 heterocycles. The van der Waals surface area contributed by atoms with Gasteiger partial charge in [0.15, 0.2) is 5.76 Å². The van der Waals surface area contributed by atoms with E-state index in [9.17, 15) is 4.79 Å². The van der Waals surface area contributed by atoms with Gasteiger partial charge >= 0.3 is 0 Å².